The lowest BCUT2D eigenvalue weighted by Gasteiger charge is -2.33. The SMILES string of the molecule is COc1ccccc1N1CC(C(=O)N2CCOC(c3ncon3)C2)CC1=O. The molecule has 0 saturated carbocycles. The number of amides is 2. The molecule has 9 heteroatoms. The smallest absolute Gasteiger partial charge is 0.228 e. The Balaban J connectivity index is 1.46. The molecule has 0 aliphatic carbocycles. The number of morpholine rings is 1. The Kier molecular flexibility index (Phi) is 4.76. The third-order valence-electron chi connectivity index (χ3n) is 4.89. The van der Waals surface area contributed by atoms with Crippen molar-refractivity contribution in [2.24, 2.45) is 5.92 Å². The molecule has 2 fully saturated rings. The number of carbonyl (C=O) groups excluding carboxylic acids is 2. The predicted octanol–water partition coefficient (Wildman–Crippen LogP) is 1.03. The Bertz CT molecular complexity index is 825. The second-order valence-corrected chi connectivity index (χ2v) is 6.51. The highest BCUT2D eigenvalue weighted by Gasteiger charge is 2.39. The predicted molar refractivity (Wildman–Crippen MR) is 93.0 cm³/mol. The fourth-order valence-electron chi connectivity index (χ4n) is 3.54. The van der Waals surface area contributed by atoms with Crippen molar-refractivity contribution in [2.45, 2.75) is 12.5 Å². The number of hydrogen-bond acceptors (Lipinski definition) is 7. The van der Waals surface area contributed by atoms with Crippen LogP contribution in [0.2, 0.25) is 0 Å². The topological polar surface area (TPSA) is 98.0 Å². The monoisotopic (exact) mass is 372 g/mol. The molecule has 0 bridgehead atoms. The molecule has 2 amide bonds. The van der Waals surface area contributed by atoms with Crippen molar-refractivity contribution in [3.05, 3.63) is 36.5 Å². The van der Waals surface area contributed by atoms with Gasteiger partial charge in [-0.3, -0.25) is 9.59 Å². The van der Waals surface area contributed by atoms with Gasteiger partial charge in [-0.15, -0.1) is 0 Å². The highest BCUT2D eigenvalue weighted by molar-refractivity contribution is 6.01. The second-order valence-electron chi connectivity index (χ2n) is 6.51. The van der Waals surface area contributed by atoms with Gasteiger partial charge in [0.25, 0.3) is 0 Å². The number of nitrogens with zero attached hydrogens (tertiary/aromatic N) is 4. The van der Waals surface area contributed by atoms with Crippen molar-refractivity contribution >= 4 is 17.5 Å². The molecular weight excluding hydrogens is 352 g/mol. The number of rotatable bonds is 4. The first-order chi connectivity index (χ1) is 13.2. The molecule has 2 saturated heterocycles. The zero-order chi connectivity index (χ0) is 18.8. The summed E-state index contributed by atoms with van der Waals surface area (Å²) < 4.78 is 15.7. The van der Waals surface area contributed by atoms with Crippen LogP contribution in [0, 0.1) is 5.92 Å². The van der Waals surface area contributed by atoms with Gasteiger partial charge in [0.15, 0.2) is 0 Å². The third kappa shape index (κ3) is 3.37. The maximum atomic E-state index is 13.0. The highest BCUT2D eigenvalue weighted by atomic mass is 16.5. The van der Waals surface area contributed by atoms with E-state index in [2.05, 4.69) is 10.1 Å². The van der Waals surface area contributed by atoms with Crippen molar-refractivity contribution in [3.63, 3.8) is 0 Å². The molecule has 1 aromatic heterocycles. The summed E-state index contributed by atoms with van der Waals surface area (Å²) in [6, 6.07) is 7.31. The number of ether oxygens (including phenoxy) is 2. The first kappa shape index (κ1) is 17.5. The zero-order valence-corrected chi connectivity index (χ0v) is 14.9. The number of hydrogen-bond donors (Lipinski definition) is 0. The van der Waals surface area contributed by atoms with E-state index in [4.69, 9.17) is 14.0 Å². The van der Waals surface area contributed by atoms with Gasteiger partial charge in [0.05, 0.1) is 31.9 Å². The summed E-state index contributed by atoms with van der Waals surface area (Å²) in [7, 11) is 1.56. The minimum atomic E-state index is -0.413. The van der Waals surface area contributed by atoms with E-state index in [9.17, 15) is 9.59 Å². The van der Waals surface area contributed by atoms with Gasteiger partial charge >= 0.3 is 0 Å². The number of benzene rings is 1. The summed E-state index contributed by atoms with van der Waals surface area (Å²) in [5, 5.41) is 3.79. The third-order valence-corrected chi connectivity index (χ3v) is 4.89. The summed E-state index contributed by atoms with van der Waals surface area (Å²) in [5.41, 5.74) is 0.687. The summed E-state index contributed by atoms with van der Waals surface area (Å²) in [6.07, 6.45) is 1.00. The van der Waals surface area contributed by atoms with Gasteiger partial charge in [-0.05, 0) is 12.1 Å². The van der Waals surface area contributed by atoms with Gasteiger partial charge in [0, 0.05) is 19.5 Å². The van der Waals surface area contributed by atoms with E-state index in [-0.39, 0.29) is 18.2 Å². The fourth-order valence-corrected chi connectivity index (χ4v) is 3.54. The summed E-state index contributed by atoms with van der Waals surface area (Å²) in [6.45, 7) is 1.55. The van der Waals surface area contributed by atoms with Crippen molar-refractivity contribution in [3.8, 4) is 5.75 Å². The van der Waals surface area contributed by atoms with Crippen molar-refractivity contribution in [1.29, 1.82) is 0 Å². The lowest BCUT2D eigenvalue weighted by atomic mass is 10.1. The zero-order valence-electron chi connectivity index (χ0n) is 14.9. The Morgan fingerprint density at radius 1 is 1.30 bits per heavy atom. The molecule has 3 heterocycles. The molecule has 1 aromatic carbocycles. The maximum Gasteiger partial charge on any atom is 0.228 e. The molecule has 0 N–H and O–H groups in total. The van der Waals surface area contributed by atoms with Crippen molar-refractivity contribution in [2.75, 3.05) is 38.3 Å². The number of anilines is 1. The van der Waals surface area contributed by atoms with Crippen LogP contribution in [0.25, 0.3) is 0 Å². The lowest BCUT2D eigenvalue weighted by molar-refractivity contribution is -0.143. The van der Waals surface area contributed by atoms with Gasteiger partial charge in [-0.25, -0.2) is 0 Å². The number of methoxy groups -OCH3 is 1. The molecule has 142 valence electrons. The van der Waals surface area contributed by atoms with Crippen LogP contribution in [0.3, 0.4) is 0 Å². The van der Waals surface area contributed by atoms with E-state index in [0.29, 0.717) is 43.5 Å². The average Bonchev–Trinajstić information content (AvgIpc) is 3.37. The van der Waals surface area contributed by atoms with E-state index in [0.717, 1.165) is 0 Å². The minimum Gasteiger partial charge on any atom is -0.495 e. The first-order valence-corrected chi connectivity index (χ1v) is 8.77. The molecule has 0 radical (unpaired) electrons. The summed E-state index contributed by atoms with van der Waals surface area (Å²) in [5.74, 6) is 0.498. The van der Waals surface area contributed by atoms with Crippen LogP contribution in [0.15, 0.2) is 35.2 Å². The molecule has 2 unspecified atom stereocenters. The van der Waals surface area contributed by atoms with E-state index >= 15 is 0 Å². The standard InChI is InChI=1S/C18H20N4O5/c1-25-14-5-3-2-4-13(14)22-9-12(8-16(22)23)18(24)21-6-7-26-15(10-21)17-19-11-27-20-17/h2-5,11-12,15H,6-10H2,1H3. The Labute approximate surface area is 155 Å². The molecule has 2 atom stereocenters. The highest BCUT2D eigenvalue weighted by Crippen LogP contribution is 2.33. The lowest BCUT2D eigenvalue weighted by Crippen LogP contribution is -2.45. The normalized spacial score (nSPS) is 22.9. The van der Waals surface area contributed by atoms with Crippen LogP contribution in [0.4, 0.5) is 5.69 Å². The first-order valence-electron chi connectivity index (χ1n) is 8.77. The number of carbonyl (C=O) groups is 2. The summed E-state index contributed by atoms with van der Waals surface area (Å²) in [4.78, 5) is 32.9. The molecule has 2 aromatic rings. The van der Waals surface area contributed by atoms with Gasteiger partial charge in [-0.1, -0.05) is 17.3 Å². The summed E-state index contributed by atoms with van der Waals surface area (Å²) >= 11 is 0. The van der Waals surface area contributed by atoms with E-state index < -0.39 is 12.0 Å². The molecule has 2 aliphatic rings. The number of aromatic nitrogens is 2. The van der Waals surface area contributed by atoms with Crippen LogP contribution in [-0.2, 0) is 14.3 Å². The van der Waals surface area contributed by atoms with Gasteiger partial charge in [-0.2, -0.15) is 4.98 Å². The molecule has 27 heavy (non-hydrogen) atoms. The van der Waals surface area contributed by atoms with Crippen molar-refractivity contribution < 1.29 is 23.6 Å². The quantitative estimate of drug-likeness (QED) is 0.790. The fraction of sp³-hybridized carbons (Fsp3) is 0.444. The van der Waals surface area contributed by atoms with Crippen LogP contribution in [-0.4, -0.2) is 60.2 Å². The Morgan fingerprint density at radius 2 is 2.15 bits per heavy atom. The van der Waals surface area contributed by atoms with Gasteiger partial charge in [0.2, 0.25) is 24.0 Å². The Morgan fingerprint density at radius 3 is 2.93 bits per heavy atom. The van der Waals surface area contributed by atoms with Crippen molar-refractivity contribution in [1.82, 2.24) is 15.0 Å². The Hall–Kier alpha value is -2.94. The maximum absolute atomic E-state index is 13.0. The van der Waals surface area contributed by atoms with E-state index in [1.165, 1.54) is 6.39 Å². The molecular formula is C18H20N4O5. The molecule has 0 spiro atoms. The molecule has 2 aliphatic heterocycles. The molecule has 4 rings (SSSR count). The second kappa shape index (κ2) is 7.36. The van der Waals surface area contributed by atoms with Crippen LogP contribution in [0.5, 0.6) is 5.75 Å². The van der Waals surface area contributed by atoms with Gasteiger partial charge in [0.1, 0.15) is 11.9 Å². The number of para-hydroxylation sites is 2. The minimum absolute atomic E-state index is 0.0578. The molecule has 9 nitrogen and oxygen atoms in total. The largest absolute Gasteiger partial charge is 0.495 e. The average molecular weight is 372 g/mol. The van der Waals surface area contributed by atoms with Crippen LogP contribution < -0.4 is 9.64 Å². The van der Waals surface area contributed by atoms with Gasteiger partial charge < -0.3 is 23.8 Å². The van der Waals surface area contributed by atoms with E-state index in [1.54, 1.807) is 23.0 Å². The van der Waals surface area contributed by atoms with E-state index in [1.807, 2.05) is 18.2 Å². The van der Waals surface area contributed by atoms with Crippen LogP contribution in [0.1, 0.15) is 18.3 Å². The van der Waals surface area contributed by atoms with Crippen LogP contribution >= 0.6 is 0 Å².